The van der Waals surface area contributed by atoms with Gasteiger partial charge in [0.05, 0.1) is 6.26 Å². The Bertz CT molecular complexity index is 351. The van der Waals surface area contributed by atoms with Gasteiger partial charge < -0.3 is 9.29 Å². The van der Waals surface area contributed by atoms with E-state index in [2.05, 4.69) is 4.18 Å². The molecule has 5 heteroatoms. The monoisotopic (exact) mass is 187 g/mol. The third-order valence-electron chi connectivity index (χ3n) is 1.07. The largest absolute Gasteiger partial charge is 0.872 e. The average molecular weight is 187 g/mol. The third-order valence-corrected chi connectivity index (χ3v) is 1.57. The zero-order chi connectivity index (χ0) is 9.19. The molecule has 0 saturated carbocycles. The summed E-state index contributed by atoms with van der Waals surface area (Å²) >= 11 is 0. The SMILES string of the molecule is CS(=O)(=O)Oc1ccc([O-])cc1. The van der Waals surface area contributed by atoms with Crippen LogP contribution < -0.4 is 9.29 Å². The summed E-state index contributed by atoms with van der Waals surface area (Å²) in [5, 5.41) is 10.6. The van der Waals surface area contributed by atoms with Crippen LogP contribution in [0.5, 0.6) is 11.5 Å². The van der Waals surface area contributed by atoms with Crippen molar-refractivity contribution in [1.82, 2.24) is 0 Å². The highest BCUT2D eigenvalue weighted by atomic mass is 32.2. The highest BCUT2D eigenvalue weighted by Crippen LogP contribution is 2.15. The van der Waals surface area contributed by atoms with Gasteiger partial charge in [0.25, 0.3) is 0 Å². The second kappa shape index (κ2) is 3.02. The Morgan fingerprint density at radius 1 is 1.25 bits per heavy atom. The lowest BCUT2D eigenvalue weighted by molar-refractivity contribution is -0.268. The maximum Gasteiger partial charge on any atom is 0.306 e. The van der Waals surface area contributed by atoms with Gasteiger partial charge in [-0.15, -0.1) is 5.75 Å². The van der Waals surface area contributed by atoms with E-state index in [4.69, 9.17) is 0 Å². The Kier molecular flexibility index (Phi) is 2.23. The second-order valence-electron chi connectivity index (χ2n) is 2.26. The molecule has 0 N–H and O–H groups in total. The fourth-order valence-electron chi connectivity index (χ4n) is 0.670. The van der Waals surface area contributed by atoms with Crippen molar-refractivity contribution in [3.63, 3.8) is 0 Å². The molecule has 0 unspecified atom stereocenters. The highest BCUT2D eigenvalue weighted by Gasteiger charge is 2.01. The minimum atomic E-state index is -3.49. The quantitative estimate of drug-likeness (QED) is 0.616. The topological polar surface area (TPSA) is 66.4 Å². The molecule has 0 aliphatic heterocycles. The molecule has 4 nitrogen and oxygen atoms in total. The van der Waals surface area contributed by atoms with Gasteiger partial charge in [-0.05, 0) is 12.1 Å². The van der Waals surface area contributed by atoms with E-state index >= 15 is 0 Å². The Morgan fingerprint density at radius 2 is 1.75 bits per heavy atom. The van der Waals surface area contributed by atoms with Crippen LogP contribution >= 0.6 is 0 Å². The van der Waals surface area contributed by atoms with E-state index in [0.717, 1.165) is 6.26 Å². The normalized spacial score (nSPS) is 11.1. The molecule has 0 aliphatic carbocycles. The lowest BCUT2D eigenvalue weighted by Crippen LogP contribution is -2.05. The minimum Gasteiger partial charge on any atom is -0.872 e. The first-order valence-corrected chi connectivity index (χ1v) is 4.95. The Balaban J connectivity index is 2.85. The Labute approximate surface area is 70.5 Å². The molecule has 66 valence electrons. The molecule has 0 fully saturated rings. The van der Waals surface area contributed by atoms with Crippen LogP contribution in [0.4, 0.5) is 0 Å². The molecule has 1 rings (SSSR count). The molecular formula is C7H7O4S-. The van der Waals surface area contributed by atoms with E-state index in [1.807, 2.05) is 0 Å². The summed E-state index contributed by atoms with van der Waals surface area (Å²) < 4.78 is 25.7. The first-order chi connectivity index (χ1) is 5.47. The average Bonchev–Trinajstić information content (AvgIpc) is 1.91. The molecule has 1 aromatic carbocycles. The van der Waals surface area contributed by atoms with Crippen LogP contribution in [0, 0.1) is 0 Å². The Morgan fingerprint density at radius 3 is 2.17 bits per heavy atom. The molecule has 0 amide bonds. The summed E-state index contributed by atoms with van der Waals surface area (Å²) in [7, 11) is -3.49. The van der Waals surface area contributed by atoms with Crippen molar-refractivity contribution in [2.45, 2.75) is 0 Å². The van der Waals surface area contributed by atoms with Crippen LogP contribution in [-0.4, -0.2) is 14.7 Å². The molecule has 0 aliphatic rings. The van der Waals surface area contributed by atoms with E-state index in [0.29, 0.717) is 0 Å². The molecule has 12 heavy (non-hydrogen) atoms. The van der Waals surface area contributed by atoms with Crippen molar-refractivity contribution in [1.29, 1.82) is 0 Å². The second-order valence-corrected chi connectivity index (χ2v) is 3.83. The van der Waals surface area contributed by atoms with E-state index in [1.165, 1.54) is 24.3 Å². The van der Waals surface area contributed by atoms with E-state index in [9.17, 15) is 13.5 Å². The molecule has 0 spiro atoms. The van der Waals surface area contributed by atoms with Crippen LogP contribution in [0.2, 0.25) is 0 Å². The van der Waals surface area contributed by atoms with Gasteiger partial charge in [0, 0.05) is 0 Å². The van der Waals surface area contributed by atoms with Gasteiger partial charge in [-0.1, -0.05) is 12.1 Å². The molecule has 0 aromatic heterocycles. The van der Waals surface area contributed by atoms with Gasteiger partial charge in [0.2, 0.25) is 0 Å². The van der Waals surface area contributed by atoms with Crippen molar-refractivity contribution in [2.75, 3.05) is 6.26 Å². The summed E-state index contributed by atoms with van der Waals surface area (Å²) in [5.74, 6) is -0.0343. The van der Waals surface area contributed by atoms with Gasteiger partial charge in [-0.25, -0.2) is 0 Å². The van der Waals surface area contributed by atoms with Crippen molar-refractivity contribution in [2.24, 2.45) is 0 Å². The summed E-state index contributed by atoms with van der Waals surface area (Å²) in [6.07, 6.45) is 0.943. The van der Waals surface area contributed by atoms with Crippen LogP contribution in [0.25, 0.3) is 0 Å². The number of hydrogen-bond acceptors (Lipinski definition) is 4. The van der Waals surface area contributed by atoms with Crippen molar-refractivity contribution < 1.29 is 17.7 Å². The Hall–Kier alpha value is -1.23. The predicted molar refractivity (Wildman–Crippen MR) is 41.4 cm³/mol. The van der Waals surface area contributed by atoms with E-state index in [-0.39, 0.29) is 11.5 Å². The van der Waals surface area contributed by atoms with Crippen LogP contribution in [0.3, 0.4) is 0 Å². The van der Waals surface area contributed by atoms with Gasteiger partial charge in [0.15, 0.2) is 0 Å². The van der Waals surface area contributed by atoms with Crippen molar-refractivity contribution >= 4 is 10.1 Å². The number of benzene rings is 1. The number of rotatable bonds is 2. The van der Waals surface area contributed by atoms with Crippen LogP contribution in [-0.2, 0) is 10.1 Å². The van der Waals surface area contributed by atoms with Crippen molar-refractivity contribution in [3.8, 4) is 11.5 Å². The lowest BCUT2D eigenvalue weighted by atomic mass is 10.3. The van der Waals surface area contributed by atoms with Crippen LogP contribution in [0.15, 0.2) is 24.3 Å². The molecular weight excluding hydrogens is 180 g/mol. The predicted octanol–water partition coefficient (Wildman–Crippen LogP) is 0.0986. The molecule has 0 atom stereocenters. The fourth-order valence-corrected chi connectivity index (χ4v) is 1.13. The molecule has 0 saturated heterocycles. The fraction of sp³-hybridized carbons (Fsp3) is 0.143. The first kappa shape index (κ1) is 8.86. The van der Waals surface area contributed by atoms with Gasteiger partial charge in [-0.2, -0.15) is 8.42 Å². The maximum atomic E-state index is 10.6. The smallest absolute Gasteiger partial charge is 0.306 e. The zero-order valence-corrected chi connectivity index (χ0v) is 7.17. The van der Waals surface area contributed by atoms with Gasteiger partial charge >= 0.3 is 10.1 Å². The maximum absolute atomic E-state index is 10.6. The molecule has 0 heterocycles. The minimum absolute atomic E-state index is 0.150. The van der Waals surface area contributed by atoms with E-state index in [1.54, 1.807) is 0 Å². The van der Waals surface area contributed by atoms with Crippen molar-refractivity contribution in [3.05, 3.63) is 24.3 Å². The third kappa shape index (κ3) is 2.79. The zero-order valence-electron chi connectivity index (χ0n) is 6.35. The first-order valence-electron chi connectivity index (χ1n) is 3.14. The van der Waals surface area contributed by atoms with E-state index < -0.39 is 10.1 Å². The standard InChI is InChI=1S/C7H8O4S/c1-12(9,10)11-7-4-2-6(8)3-5-7/h2-5,8H,1H3/p-1. The summed E-state index contributed by atoms with van der Waals surface area (Å²) in [6, 6.07) is 5.09. The van der Waals surface area contributed by atoms with Crippen LogP contribution in [0.1, 0.15) is 0 Å². The summed E-state index contributed by atoms with van der Waals surface area (Å²) in [4.78, 5) is 0. The molecule has 1 aromatic rings. The molecule has 0 radical (unpaired) electrons. The summed E-state index contributed by atoms with van der Waals surface area (Å²) in [6.45, 7) is 0. The van der Waals surface area contributed by atoms with Gasteiger partial charge in [-0.3, -0.25) is 0 Å². The number of hydrogen-bond donors (Lipinski definition) is 0. The lowest BCUT2D eigenvalue weighted by Gasteiger charge is -2.05. The highest BCUT2D eigenvalue weighted by molar-refractivity contribution is 7.86. The van der Waals surface area contributed by atoms with Gasteiger partial charge in [0.1, 0.15) is 5.75 Å². The summed E-state index contributed by atoms with van der Waals surface area (Å²) in [5.41, 5.74) is 0. The molecule has 0 bridgehead atoms.